The molecular weight excluding hydrogens is 212 g/mol. The van der Waals surface area contributed by atoms with Crippen LogP contribution in [0.2, 0.25) is 0 Å². The van der Waals surface area contributed by atoms with Crippen molar-refractivity contribution >= 4 is 0 Å². The van der Waals surface area contributed by atoms with Crippen LogP contribution >= 0.6 is 0 Å². The van der Waals surface area contributed by atoms with Crippen LogP contribution in [0.3, 0.4) is 0 Å². The fourth-order valence-corrected chi connectivity index (χ4v) is 1.81. The molecule has 1 saturated heterocycles. The molecule has 1 fully saturated rings. The number of rotatable bonds is 8. The number of ether oxygens (including phenoxy) is 2. The molecule has 0 aromatic carbocycles. The fourth-order valence-electron chi connectivity index (χ4n) is 1.81. The summed E-state index contributed by atoms with van der Waals surface area (Å²) in [6, 6.07) is 0. The quantitative estimate of drug-likeness (QED) is 0.465. The Labute approximate surface area is 106 Å². The molecule has 0 bridgehead atoms. The van der Waals surface area contributed by atoms with Gasteiger partial charge >= 0.3 is 0 Å². The molecular formula is C15H26O2. The first kappa shape index (κ1) is 14.5. The van der Waals surface area contributed by atoms with Crippen LogP contribution in [0.1, 0.15) is 51.9 Å². The average Bonchev–Trinajstić information content (AvgIpc) is 2.38. The highest BCUT2D eigenvalue weighted by molar-refractivity contribution is 4.92. The zero-order valence-electron chi connectivity index (χ0n) is 11.1. The molecule has 2 nitrogen and oxygen atoms in total. The molecule has 0 spiro atoms. The van der Waals surface area contributed by atoms with Crippen molar-refractivity contribution in [1.82, 2.24) is 0 Å². The minimum Gasteiger partial charge on any atom is -0.353 e. The maximum Gasteiger partial charge on any atom is 0.157 e. The summed E-state index contributed by atoms with van der Waals surface area (Å²) in [4.78, 5) is 0. The number of unbranched alkanes of at least 4 members (excludes halogenated alkanes) is 1. The summed E-state index contributed by atoms with van der Waals surface area (Å²) >= 11 is 0. The van der Waals surface area contributed by atoms with E-state index >= 15 is 0 Å². The van der Waals surface area contributed by atoms with Gasteiger partial charge in [-0.3, -0.25) is 0 Å². The normalized spacial score (nSPS) is 21.6. The third kappa shape index (κ3) is 8.17. The maximum absolute atomic E-state index is 5.66. The molecule has 0 N–H and O–H groups in total. The van der Waals surface area contributed by atoms with Crippen molar-refractivity contribution < 1.29 is 9.47 Å². The number of allylic oxidation sites excluding steroid dienone is 4. The second-order valence-electron chi connectivity index (χ2n) is 4.40. The zero-order chi connectivity index (χ0) is 12.2. The second-order valence-corrected chi connectivity index (χ2v) is 4.40. The van der Waals surface area contributed by atoms with E-state index < -0.39 is 0 Å². The molecule has 0 saturated carbocycles. The van der Waals surface area contributed by atoms with Crippen molar-refractivity contribution in [2.45, 2.75) is 58.2 Å². The molecule has 0 amide bonds. The highest BCUT2D eigenvalue weighted by Gasteiger charge is 2.12. The average molecular weight is 238 g/mol. The Kier molecular flexibility index (Phi) is 8.97. The summed E-state index contributed by atoms with van der Waals surface area (Å²) < 4.78 is 11.2. The molecule has 0 radical (unpaired) electrons. The van der Waals surface area contributed by atoms with E-state index in [1.165, 1.54) is 12.8 Å². The Morgan fingerprint density at radius 3 is 2.82 bits per heavy atom. The van der Waals surface area contributed by atoms with E-state index in [1.807, 2.05) is 0 Å². The number of hydrogen-bond acceptors (Lipinski definition) is 2. The van der Waals surface area contributed by atoms with Crippen LogP contribution in [0.4, 0.5) is 0 Å². The van der Waals surface area contributed by atoms with E-state index in [0.717, 1.165) is 45.3 Å². The van der Waals surface area contributed by atoms with E-state index in [4.69, 9.17) is 9.47 Å². The second kappa shape index (κ2) is 10.5. The fraction of sp³-hybridized carbons (Fsp3) is 0.733. The third-order valence-corrected chi connectivity index (χ3v) is 2.80. The molecule has 1 heterocycles. The molecule has 2 heteroatoms. The van der Waals surface area contributed by atoms with Crippen LogP contribution in [0.25, 0.3) is 0 Å². The lowest BCUT2D eigenvalue weighted by Gasteiger charge is -2.22. The summed E-state index contributed by atoms with van der Waals surface area (Å²) in [5, 5.41) is 0. The van der Waals surface area contributed by atoms with Gasteiger partial charge in [0.25, 0.3) is 0 Å². The van der Waals surface area contributed by atoms with Crippen molar-refractivity contribution in [3.8, 4) is 0 Å². The molecule has 1 aliphatic heterocycles. The van der Waals surface area contributed by atoms with E-state index in [1.54, 1.807) is 0 Å². The summed E-state index contributed by atoms with van der Waals surface area (Å²) in [7, 11) is 0. The molecule has 0 aromatic heterocycles. The molecule has 1 aliphatic rings. The maximum atomic E-state index is 5.66. The monoisotopic (exact) mass is 238 g/mol. The Morgan fingerprint density at radius 1 is 1.18 bits per heavy atom. The summed E-state index contributed by atoms with van der Waals surface area (Å²) in [6.45, 7) is 3.85. The first-order chi connectivity index (χ1) is 8.43. The molecule has 1 rings (SSSR count). The Balaban J connectivity index is 1.88. The van der Waals surface area contributed by atoms with E-state index in [0.29, 0.717) is 0 Å². The number of hydrogen-bond donors (Lipinski definition) is 0. The van der Waals surface area contributed by atoms with Gasteiger partial charge in [-0.1, -0.05) is 31.2 Å². The lowest BCUT2D eigenvalue weighted by molar-refractivity contribution is -0.162. The van der Waals surface area contributed by atoms with Gasteiger partial charge in [0.05, 0.1) is 6.61 Å². The van der Waals surface area contributed by atoms with E-state index in [9.17, 15) is 0 Å². The van der Waals surface area contributed by atoms with Gasteiger partial charge in [-0.15, -0.1) is 0 Å². The van der Waals surface area contributed by atoms with Gasteiger partial charge in [-0.25, -0.2) is 0 Å². The summed E-state index contributed by atoms with van der Waals surface area (Å²) in [5.74, 6) is 0. The van der Waals surface area contributed by atoms with Crippen molar-refractivity contribution in [3.63, 3.8) is 0 Å². The summed E-state index contributed by atoms with van der Waals surface area (Å²) in [5.41, 5.74) is 0. The van der Waals surface area contributed by atoms with Crippen LogP contribution in [0.5, 0.6) is 0 Å². The van der Waals surface area contributed by atoms with Crippen molar-refractivity contribution in [2.75, 3.05) is 13.2 Å². The largest absolute Gasteiger partial charge is 0.353 e. The Hall–Kier alpha value is -0.600. The van der Waals surface area contributed by atoms with Gasteiger partial charge in [-0.2, -0.15) is 0 Å². The SMILES string of the molecule is CCC=CCC=CCCCOC1CCCCO1. The third-order valence-electron chi connectivity index (χ3n) is 2.80. The highest BCUT2D eigenvalue weighted by atomic mass is 16.7. The van der Waals surface area contributed by atoms with Crippen LogP contribution in [-0.2, 0) is 9.47 Å². The Bertz CT molecular complexity index is 215. The van der Waals surface area contributed by atoms with E-state index in [2.05, 4.69) is 31.2 Å². The predicted octanol–water partition coefficient (Wildman–Crippen LogP) is 4.22. The van der Waals surface area contributed by atoms with Gasteiger partial charge in [0, 0.05) is 6.61 Å². The lowest BCUT2D eigenvalue weighted by atomic mass is 10.2. The minimum atomic E-state index is 0.0696. The van der Waals surface area contributed by atoms with Gasteiger partial charge in [0.2, 0.25) is 0 Å². The minimum absolute atomic E-state index is 0.0696. The first-order valence-corrected chi connectivity index (χ1v) is 6.96. The van der Waals surface area contributed by atoms with Crippen LogP contribution in [0.15, 0.2) is 24.3 Å². The molecule has 0 aromatic rings. The Morgan fingerprint density at radius 2 is 2.06 bits per heavy atom. The molecule has 17 heavy (non-hydrogen) atoms. The van der Waals surface area contributed by atoms with Crippen LogP contribution in [-0.4, -0.2) is 19.5 Å². The van der Waals surface area contributed by atoms with Gasteiger partial charge in [0.1, 0.15) is 0 Å². The van der Waals surface area contributed by atoms with Crippen molar-refractivity contribution in [3.05, 3.63) is 24.3 Å². The van der Waals surface area contributed by atoms with Gasteiger partial charge in [-0.05, 0) is 44.9 Å². The topological polar surface area (TPSA) is 18.5 Å². The highest BCUT2D eigenvalue weighted by Crippen LogP contribution is 2.13. The zero-order valence-corrected chi connectivity index (χ0v) is 11.1. The van der Waals surface area contributed by atoms with Crippen LogP contribution in [0, 0.1) is 0 Å². The summed E-state index contributed by atoms with van der Waals surface area (Å²) in [6.07, 6.45) is 16.8. The van der Waals surface area contributed by atoms with Crippen molar-refractivity contribution in [2.24, 2.45) is 0 Å². The molecule has 1 unspecified atom stereocenters. The van der Waals surface area contributed by atoms with Crippen LogP contribution < -0.4 is 0 Å². The predicted molar refractivity (Wildman–Crippen MR) is 72.0 cm³/mol. The standard InChI is InChI=1S/C15H26O2/c1-2-3-4-5-6-7-8-10-13-16-15-12-9-11-14-17-15/h3-4,6-7,15H,2,5,8-14H2,1H3. The molecule has 98 valence electrons. The first-order valence-electron chi connectivity index (χ1n) is 6.96. The van der Waals surface area contributed by atoms with E-state index in [-0.39, 0.29) is 6.29 Å². The van der Waals surface area contributed by atoms with Gasteiger partial charge < -0.3 is 9.47 Å². The lowest BCUT2D eigenvalue weighted by Crippen LogP contribution is -2.22. The van der Waals surface area contributed by atoms with Crippen molar-refractivity contribution in [1.29, 1.82) is 0 Å². The molecule has 0 aliphatic carbocycles. The van der Waals surface area contributed by atoms with Gasteiger partial charge in [0.15, 0.2) is 6.29 Å². The smallest absolute Gasteiger partial charge is 0.157 e. The molecule has 1 atom stereocenters.